The van der Waals surface area contributed by atoms with E-state index in [2.05, 4.69) is 19.1 Å². The molecule has 0 saturated carbocycles. The Bertz CT molecular complexity index is 804. The Hall–Kier alpha value is -1.79. The molecule has 1 fully saturated rings. The van der Waals surface area contributed by atoms with Gasteiger partial charge in [0.1, 0.15) is 5.37 Å². The molecule has 2 aromatic rings. The lowest BCUT2D eigenvalue weighted by molar-refractivity contribution is -0.130. The second-order valence-electron chi connectivity index (χ2n) is 7.09. The molecule has 6 heteroatoms. The summed E-state index contributed by atoms with van der Waals surface area (Å²) in [5.41, 5.74) is 2.37. The zero-order chi connectivity index (χ0) is 19.6. The first-order chi connectivity index (χ1) is 12.9. The molecule has 0 bridgehead atoms. The highest BCUT2D eigenvalue weighted by Crippen LogP contribution is 2.43. The van der Waals surface area contributed by atoms with Crippen LogP contribution in [0.5, 0.6) is 0 Å². The predicted octanol–water partition coefficient (Wildman–Crippen LogP) is 4.57. The van der Waals surface area contributed by atoms with E-state index in [-0.39, 0.29) is 28.5 Å². The highest BCUT2D eigenvalue weighted by Gasteiger charge is 2.39. The van der Waals surface area contributed by atoms with Crippen molar-refractivity contribution in [3.63, 3.8) is 0 Å². The van der Waals surface area contributed by atoms with Crippen molar-refractivity contribution in [2.24, 2.45) is 0 Å². The van der Waals surface area contributed by atoms with E-state index in [0.717, 1.165) is 4.88 Å². The number of hydrogen-bond donors (Lipinski definition) is 0. The van der Waals surface area contributed by atoms with Crippen LogP contribution in [0.25, 0.3) is 0 Å². The average Bonchev–Trinajstić information content (AvgIpc) is 3.26. The molecule has 0 radical (unpaired) electrons. The van der Waals surface area contributed by atoms with Gasteiger partial charge in [0.15, 0.2) is 0 Å². The highest BCUT2D eigenvalue weighted by atomic mass is 32.2. The lowest BCUT2D eigenvalue weighted by atomic mass is 10.1. The summed E-state index contributed by atoms with van der Waals surface area (Å²) in [6.45, 7) is 9.18. The second-order valence-corrected chi connectivity index (χ2v) is 9.46. The van der Waals surface area contributed by atoms with Crippen LogP contribution < -0.4 is 0 Å². The second kappa shape index (κ2) is 8.48. The number of carbonyl (C=O) groups excluding carboxylic acids is 2. The maximum Gasteiger partial charge on any atom is 0.264 e. The lowest BCUT2D eigenvalue weighted by Gasteiger charge is -2.31. The van der Waals surface area contributed by atoms with E-state index in [0.29, 0.717) is 13.1 Å². The van der Waals surface area contributed by atoms with Crippen molar-refractivity contribution in [2.45, 2.75) is 44.4 Å². The average molecular weight is 403 g/mol. The van der Waals surface area contributed by atoms with E-state index in [1.165, 1.54) is 22.5 Å². The minimum absolute atomic E-state index is 0.0135. The van der Waals surface area contributed by atoms with Gasteiger partial charge in [-0.1, -0.05) is 30.3 Å². The van der Waals surface area contributed by atoms with Gasteiger partial charge in [0.25, 0.3) is 5.91 Å². The number of thiophene rings is 1. The van der Waals surface area contributed by atoms with E-state index in [1.807, 2.05) is 60.2 Å². The Morgan fingerprint density at radius 1 is 1.22 bits per heavy atom. The molecular weight excluding hydrogens is 376 g/mol. The van der Waals surface area contributed by atoms with Gasteiger partial charge in [0.2, 0.25) is 5.91 Å². The zero-order valence-electron chi connectivity index (χ0n) is 16.2. The number of thioether (sulfide) groups is 1. The molecule has 0 unspecified atom stereocenters. The van der Waals surface area contributed by atoms with Gasteiger partial charge in [-0.15, -0.1) is 23.1 Å². The molecule has 27 heavy (non-hydrogen) atoms. The van der Waals surface area contributed by atoms with Crippen LogP contribution in [0.15, 0.2) is 41.8 Å². The molecule has 0 spiro atoms. The van der Waals surface area contributed by atoms with Crippen LogP contribution in [-0.4, -0.2) is 46.0 Å². The van der Waals surface area contributed by atoms with Crippen LogP contribution in [-0.2, 0) is 4.79 Å². The fourth-order valence-electron chi connectivity index (χ4n) is 3.36. The van der Waals surface area contributed by atoms with E-state index >= 15 is 0 Å². The van der Waals surface area contributed by atoms with Crippen LogP contribution in [0.4, 0.5) is 0 Å². The van der Waals surface area contributed by atoms with Crippen LogP contribution in [0.1, 0.15) is 46.9 Å². The first-order valence-electron chi connectivity index (χ1n) is 9.26. The summed E-state index contributed by atoms with van der Waals surface area (Å²) >= 11 is 3.15. The fraction of sp³-hybridized carbons (Fsp3) is 0.429. The summed E-state index contributed by atoms with van der Waals surface area (Å²) < 4.78 is 0. The van der Waals surface area contributed by atoms with Crippen molar-refractivity contribution in [2.75, 3.05) is 13.1 Å². The first kappa shape index (κ1) is 20.0. The Kier molecular flexibility index (Phi) is 6.27. The summed E-state index contributed by atoms with van der Waals surface area (Å²) in [5, 5.41) is 1.87. The van der Waals surface area contributed by atoms with E-state index in [9.17, 15) is 9.59 Å². The topological polar surface area (TPSA) is 40.6 Å². The molecule has 0 N–H and O–H groups in total. The van der Waals surface area contributed by atoms with Crippen molar-refractivity contribution >= 4 is 34.9 Å². The largest absolute Gasteiger partial charge is 0.334 e. The number of nitrogens with zero attached hydrogens (tertiary/aromatic N) is 2. The summed E-state index contributed by atoms with van der Waals surface area (Å²) in [6.07, 6.45) is 0. The summed E-state index contributed by atoms with van der Waals surface area (Å²) in [6, 6.07) is 12.1. The van der Waals surface area contributed by atoms with Gasteiger partial charge in [-0.2, -0.15) is 0 Å². The zero-order valence-corrected chi connectivity index (χ0v) is 17.8. The molecule has 1 aliphatic rings. The Morgan fingerprint density at radius 2 is 1.96 bits per heavy atom. The molecule has 1 aromatic heterocycles. The summed E-state index contributed by atoms with van der Waals surface area (Å²) in [4.78, 5) is 30.2. The minimum Gasteiger partial charge on any atom is -0.334 e. The van der Waals surface area contributed by atoms with Gasteiger partial charge in [-0.3, -0.25) is 9.59 Å². The van der Waals surface area contributed by atoms with Crippen molar-refractivity contribution < 1.29 is 9.59 Å². The molecule has 2 heterocycles. The normalized spacial score (nSPS) is 19.7. The third kappa shape index (κ3) is 4.22. The van der Waals surface area contributed by atoms with Gasteiger partial charge in [0.05, 0.1) is 10.1 Å². The predicted molar refractivity (Wildman–Crippen MR) is 113 cm³/mol. The van der Waals surface area contributed by atoms with Crippen molar-refractivity contribution in [1.29, 1.82) is 0 Å². The van der Waals surface area contributed by atoms with E-state index in [4.69, 9.17) is 0 Å². The standard InChI is InChI=1S/C21H26N2O2S2/c1-14(2)22(20(25)18-10-7-13-26-18)11-12-23-19(24)16(4)27-21(23)17-9-6-5-8-15(17)3/h5-10,13-14,16,21H,11-12H2,1-4H3/t16-,21+/m1/s1. The number of rotatable bonds is 6. The third-order valence-electron chi connectivity index (χ3n) is 4.90. The monoisotopic (exact) mass is 402 g/mol. The summed E-state index contributed by atoms with van der Waals surface area (Å²) in [7, 11) is 0. The van der Waals surface area contributed by atoms with Gasteiger partial charge in [0, 0.05) is 19.1 Å². The van der Waals surface area contributed by atoms with Gasteiger partial charge in [-0.05, 0) is 50.3 Å². The van der Waals surface area contributed by atoms with Gasteiger partial charge >= 0.3 is 0 Å². The number of benzene rings is 1. The Balaban J connectivity index is 1.78. The Morgan fingerprint density at radius 3 is 2.59 bits per heavy atom. The molecular formula is C21H26N2O2S2. The van der Waals surface area contributed by atoms with Crippen LogP contribution in [0.2, 0.25) is 0 Å². The number of amides is 2. The summed E-state index contributed by atoms with van der Waals surface area (Å²) in [5.74, 6) is 0.195. The van der Waals surface area contributed by atoms with Crippen LogP contribution >= 0.6 is 23.1 Å². The lowest BCUT2D eigenvalue weighted by Crippen LogP contribution is -2.43. The third-order valence-corrected chi connectivity index (χ3v) is 7.13. The van der Waals surface area contributed by atoms with Crippen LogP contribution in [0, 0.1) is 6.92 Å². The van der Waals surface area contributed by atoms with Gasteiger partial charge < -0.3 is 9.80 Å². The maximum atomic E-state index is 12.8. The molecule has 4 nitrogen and oxygen atoms in total. The molecule has 0 aliphatic carbocycles. The molecule has 144 valence electrons. The fourth-order valence-corrected chi connectivity index (χ4v) is 5.44. The molecule has 2 atom stereocenters. The maximum absolute atomic E-state index is 12.8. The van der Waals surface area contributed by atoms with Crippen molar-refractivity contribution in [1.82, 2.24) is 9.80 Å². The number of aryl methyl sites for hydroxylation is 1. The molecule has 1 aliphatic heterocycles. The van der Waals surface area contributed by atoms with Gasteiger partial charge in [-0.25, -0.2) is 0 Å². The first-order valence-corrected chi connectivity index (χ1v) is 11.1. The SMILES string of the molecule is Cc1ccccc1[C@@H]1S[C@H](C)C(=O)N1CCN(C(=O)c1cccs1)C(C)C. The van der Waals surface area contributed by atoms with Crippen LogP contribution in [0.3, 0.4) is 0 Å². The number of hydrogen-bond acceptors (Lipinski definition) is 4. The molecule has 1 aromatic carbocycles. The highest BCUT2D eigenvalue weighted by molar-refractivity contribution is 8.01. The quantitative estimate of drug-likeness (QED) is 0.711. The molecule has 2 amide bonds. The smallest absolute Gasteiger partial charge is 0.264 e. The number of carbonyl (C=O) groups is 2. The van der Waals surface area contributed by atoms with E-state index in [1.54, 1.807) is 11.8 Å². The van der Waals surface area contributed by atoms with Crippen molar-refractivity contribution in [3.05, 3.63) is 57.8 Å². The molecule has 3 rings (SSSR count). The Labute approximate surface area is 169 Å². The minimum atomic E-state index is -0.0601. The van der Waals surface area contributed by atoms with E-state index < -0.39 is 0 Å². The molecule has 1 saturated heterocycles. The van der Waals surface area contributed by atoms with Crippen molar-refractivity contribution in [3.8, 4) is 0 Å².